The number of carbonyl (C=O) groups is 1. The molecule has 1 heterocycles. The number of nitrogens with one attached hydrogen (secondary N) is 2. The zero-order chi connectivity index (χ0) is 25.5. The first-order valence-corrected chi connectivity index (χ1v) is 14.2. The SMILES string of the molecule is C=C(NCCC(C)(C)C)[C@H](C)C[C@H](O)[C@H](Cc1ccccc1)NC(=O)c1ccc(S(C)(=O)=O)s1. The fourth-order valence-corrected chi connectivity index (χ4v) is 5.30. The van der Waals surface area contributed by atoms with Crippen LogP contribution in [0.4, 0.5) is 0 Å². The van der Waals surface area contributed by atoms with Crippen molar-refractivity contribution in [2.45, 2.75) is 63.3 Å². The van der Waals surface area contributed by atoms with Crippen molar-refractivity contribution in [2.24, 2.45) is 11.3 Å². The molecule has 0 aliphatic rings. The summed E-state index contributed by atoms with van der Waals surface area (Å²) in [7, 11) is -3.38. The molecule has 3 atom stereocenters. The van der Waals surface area contributed by atoms with Gasteiger partial charge in [0.25, 0.3) is 5.91 Å². The lowest BCUT2D eigenvalue weighted by molar-refractivity contribution is 0.0787. The minimum atomic E-state index is -3.38. The molecule has 0 fully saturated rings. The van der Waals surface area contributed by atoms with E-state index in [1.165, 1.54) is 12.1 Å². The third-order valence-corrected chi connectivity index (χ3v) is 8.57. The fourth-order valence-electron chi connectivity index (χ4n) is 3.47. The predicted molar refractivity (Wildman–Crippen MR) is 140 cm³/mol. The van der Waals surface area contributed by atoms with Crippen molar-refractivity contribution in [2.75, 3.05) is 12.8 Å². The summed E-state index contributed by atoms with van der Waals surface area (Å²) in [6, 6.07) is 12.1. The Labute approximate surface area is 208 Å². The smallest absolute Gasteiger partial charge is 0.261 e. The van der Waals surface area contributed by atoms with E-state index in [1.807, 2.05) is 37.3 Å². The summed E-state index contributed by atoms with van der Waals surface area (Å²) in [5.41, 5.74) is 2.08. The summed E-state index contributed by atoms with van der Waals surface area (Å²) in [4.78, 5) is 13.2. The number of amides is 1. The number of benzene rings is 1. The Balaban J connectivity index is 2.09. The van der Waals surface area contributed by atoms with Gasteiger partial charge in [-0.15, -0.1) is 11.3 Å². The molecule has 0 radical (unpaired) electrons. The Kier molecular flexibility index (Phi) is 9.91. The van der Waals surface area contributed by atoms with Gasteiger partial charge < -0.3 is 15.7 Å². The molecule has 0 spiro atoms. The molecule has 1 aromatic carbocycles. The van der Waals surface area contributed by atoms with Crippen molar-refractivity contribution in [1.29, 1.82) is 0 Å². The Hall–Kier alpha value is -2.16. The highest BCUT2D eigenvalue weighted by Crippen LogP contribution is 2.23. The van der Waals surface area contributed by atoms with Gasteiger partial charge in [0.15, 0.2) is 9.84 Å². The normalized spacial score (nSPS) is 14.8. The number of sulfone groups is 1. The molecule has 0 aliphatic carbocycles. The van der Waals surface area contributed by atoms with E-state index < -0.39 is 27.9 Å². The maximum absolute atomic E-state index is 12.9. The van der Waals surface area contributed by atoms with Crippen molar-refractivity contribution in [3.63, 3.8) is 0 Å². The van der Waals surface area contributed by atoms with Crippen LogP contribution < -0.4 is 10.6 Å². The molecule has 34 heavy (non-hydrogen) atoms. The summed E-state index contributed by atoms with van der Waals surface area (Å²) in [5, 5.41) is 17.4. The van der Waals surface area contributed by atoms with Crippen LogP contribution >= 0.6 is 11.3 Å². The zero-order valence-corrected chi connectivity index (χ0v) is 22.4. The molecule has 0 saturated carbocycles. The van der Waals surface area contributed by atoms with E-state index in [0.29, 0.717) is 17.7 Å². The van der Waals surface area contributed by atoms with Gasteiger partial charge in [-0.2, -0.15) is 0 Å². The van der Waals surface area contributed by atoms with Gasteiger partial charge in [-0.1, -0.05) is 64.6 Å². The van der Waals surface area contributed by atoms with Crippen LogP contribution in [-0.4, -0.2) is 44.4 Å². The minimum Gasteiger partial charge on any atom is -0.391 e. The summed E-state index contributed by atoms with van der Waals surface area (Å²) < 4.78 is 23.7. The number of thiophene rings is 1. The molecule has 0 saturated heterocycles. The molecule has 2 rings (SSSR count). The zero-order valence-electron chi connectivity index (χ0n) is 20.8. The van der Waals surface area contributed by atoms with E-state index >= 15 is 0 Å². The van der Waals surface area contributed by atoms with Crippen molar-refractivity contribution < 1.29 is 18.3 Å². The van der Waals surface area contributed by atoms with Crippen LogP contribution in [-0.2, 0) is 16.3 Å². The number of rotatable bonds is 12. The second-order valence-electron chi connectivity index (χ2n) is 10.1. The highest BCUT2D eigenvalue weighted by Gasteiger charge is 2.26. The van der Waals surface area contributed by atoms with Crippen molar-refractivity contribution >= 4 is 27.1 Å². The average molecular weight is 507 g/mol. The molecule has 3 N–H and O–H groups in total. The molecule has 0 unspecified atom stereocenters. The average Bonchev–Trinajstić information content (AvgIpc) is 3.24. The van der Waals surface area contributed by atoms with Gasteiger partial charge >= 0.3 is 0 Å². The molecule has 6 nitrogen and oxygen atoms in total. The van der Waals surface area contributed by atoms with Crippen molar-refractivity contribution in [1.82, 2.24) is 10.6 Å². The van der Waals surface area contributed by atoms with Gasteiger partial charge in [0.2, 0.25) is 0 Å². The van der Waals surface area contributed by atoms with E-state index in [4.69, 9.17) is 0 Å². The number of allylic oxidation sites excluding steroid dienone is 1. The maximum atomic E-state index is 12.9. The number of hydrogen-bond acceptors (Lipinski definition) is 6. The van der Waals surface area contributed by atoms with Gasteiger partial charge in [0.1, 0.15) is 4.21 Å². The fraction of sp³-hybridized carbons (Fsp3) is 0.500. The second kappa shape index (κ2) is 12.0. The van der Waals surface area contributed by atoms with E-state index in [1.54, 1.807) is 0 Å². The first-order chi connectivity index (χ1) is 15.8. The van der Waals surface area contributed by atoms with Crippen LogP contribution in [0.5, 0.6) is 0 Å². The number of carbonyl (C=O) groups excluding carboxylic acids is 1. The molecular formula is C26H38N2O4S2. The minimum absolute atomic E-state index is 0.00344. The third kappa shape index (κ3) is 9.24. The summed E-state index contributed by atoms with van der Waals surface area (Å²) in [6.45, 7) is 13.5. The quantitative estimate of drug-likeness (QED) is 0.396. The van der Waals surface area contributed by atoms with Gasteiger partial charge in [-0.25, -0.2) is 8.42 Å². The number of aliphatic hydroxyl groups excluding tert-OH is 1. The highest BCUT2D eigenvalue weighted by molar-refractivity contribution is 7.92. The number of hydrogen-bond donors (Lipinski definition) is 3. The Morgan fingerprint density at radius 2 is 1.79 bits per heavy atom. The predicted octanol–water partition coefficient (Wildman–Crippen LogP) is 4.42. The van der Waals surface area contributed by atoms with Gasteiger partial charge in [-0.05, 0) is 48.3 Å². The molecule has 188 valence electrons. The standard InChI is InChI=1S/C26H38N2O4S2/c1-18(19(2)27-15-14-26(3,4)5)16-22(29)21(17-20-10-8-7-9-11-20)28-25(30)23-12-13-24(33-23)34(6,31)32/h7-13,18,21-22,27,29H,2,14-17H2,1,3-6H3,(H,28,30)/t18-,21+,22+/m1/s1. The van der Waals surface area contributed by atoms with E-state index in [9.17, 15) is 18.3 Å². The topological polar surface area (TPSA) is 95.5 Å². The van der Waals surface area contributed by atoms with Crippen LogP contribution in [0, 0.1) is 11.3 Å². The molecule has 2 aromatic rings. The third-order valence-electron chi connectivity index (χ3n) is 5.67. The van der Waals surface area contributed by atoms with Crippen LogP contribution in [0.15, 0.2) is 58.9 Å². The molecule has 0 aliphatic heterocycles. The lowest BCUT2D eigenvalue weighted by atomic mass is 9.91. The van der Waals surface area contributed by atoms with Gasteiger partial charge in [0, 0.05) is 18.5 Å². The molecular weight excluding hydrogens is 468 g/mol. The lowest BCUT2D eigenvalue weighted by Crippen LogP contribution is -2.45. The first kappa shape index (κ1) is 28.1. The van der Waals surface area contributed by atoms with Gasteiger partial charge in [0.05, 0.1) is 17.0 Å². The van der Waals surface area contributed by atoms with Crippen LogP contribution in [0.25, 0.3) is 0 Å². The van der Waals surface area contributed by atoms with Crippen molar-refractivity contribution in [3.8, 4) is 0 Å². The van der Waals surface area contributed by atoms with Crippen LogP contribution in [0.1, 0.15) is 55.8 Å². The van der Waals surface area contributed by atoms with E-state index in [-0.39, 0.29) is 15.5 Å². The molecule has 1 aromatic heterocycles. The van der Waals surface area contributed by atoms with E-state index in [0.717, 1.165) is 41.8 Å². The van der Waals surface area contributed by atoms with Crippen LogP contribution in [0.3, 0.4) is 0 Å². The Bertz CT molecular complexity index is 1060. The number of aliphatic hydroxyl groups is 1. The lowest BCUT2D eigenvalue weighted by Gasteiger charge is -2.28. The van der Waals surface area contributed by atoms with E-state index in [2.05, 4.69) is 38.0 Å². The second-order valence-corrected chi connectivity index (χ2v) is 13.5. The molecule has 8 heteroatoms. The van der Waals surface area contributed by atoms with Crippen LogP contribution in [0.2, 0.25) is 0 Å². The largest absolute Gasteiger partial charge is 0.391 e. The monoisotopic (exact) mass is 506 g/mol. The maximum Gasteiger partial charge on any atom is 0.261 e. The highest BCUT2D eigenvalue weighted by atomic mass is 32.2. The summed E-state index contributed by atoms with van der Waals surface area (Å²) >= 11 is 0.932. The Morgan fingerprint density at radius 1 is 1.15 bits per heavy atom. The van der Waals surface area contributed by atoms with Crippen molar-refractivity contribution in [3.05, 3.63) is 65.2 Å². The Morgan fingerprint density at radius 3 is 2.35 bits per heavy atom. The molecule has 1 amide bonds. The van der Waals surface area contributed by atoms with Gasteiger partial charge in [-0.3, -0.25) is 4.79 Å². The first-order valence-electron chi connectivity index (χ1n) is 11.5. The summed E-state index contributed by atoms with van der Waals surface area (Å²) in [6.07, 6.45) is 2.19. The molecule has 0 bridgehead atoms. The summed E-state index contributed by atoms with van der Waals surface area (Å²) in [5.74, 6) is -0.390.